The topological polar surface area (TPSA) is 75.6 Å². The van der Waals surface area contributed by atoms with Gasteiger partial charge in [-0.2, -0.15) is 13.2 Å². The summed E-state index contributed by atoms with van der Waals surface area (Å²) in [6.07, 6.45) is -4.51. The Bertz CT molecular complexity index is 878. The Morgan fingerprint density at radius 3 is 2.30 bits per heavy atom. The van der Waals surface area contributed by atoms with E-state index in [-0.39, 0.29) is 13.0 Å². The smallest absolute Gasteiger partial charge is 0.416 e. The highest BCUT2D eigenvalue weighted by molar-refractivity contribution is 7.89. The number of hydrogen-bond acceptors (Lipinski definition) is 4. The monoisotopic (exact) mass is 403 g/mol. The lowest BCUT2D eigenvalue weighted by Crippen LogP contribution is -2.42. The molecule has 27 heavy (non-hydrogen) atoms. The Kier molecular flexibility index (Phi) is 6.18. The molecule has 9 heteroatoms. The lowest BCUT2D eigenvalue weighted by molar-refractivity contribution is -0.137. The summed E-state index contributed by atoms with van der Waals surface area (Å²) >= 11 is 0. The van der Waals surface area contributed by atoms with Crippen LogP contribution in [0.25, 0.3) is 0 Å². The van der Waals surface area contributed by atoms with Gasteiger partial charge in [-0.3, -0.25) is 0 Å². The van der Waals surface area contributed by atoms with E-state index in [1.165, 1.54) is 14.0 Å². The number of benzene rings is 2. The van der Waals surface area contributed by atoms with Crippen LogP contribution in [0.15, 0.2) is 53.4 Å². The molecule has 1 atom stereocenters. The van der Waals surface area contributed by atoms with Gasteiger partial charge in [0.25, 0.3) is 0 Å². The first-order valence-electron chi connectivity index (χ1n) is 7.95. The van der Waals surface area contributed by atoms with Crippen molar-refractivity contribution in [3.63, 3.8) is 0 Å². The second-order valence-corrected chi connectivity index (χ2v) is 8.14. The van der Waals surface area contributed by atoms with Crippen molar-refractivity contribution in [2.75, 3.05) is 13.7 Å². The van der Waals surface area contributed by atoms with Gasteiger partial charge < -0.3 is 9.84 Å². The maximum absolute atomic E-state index is 12.8. The molecule has 0 fully saturated rings. The number of rotatable bonds is 7. The molecular formula is C18H20F3NO4S. The molecule has 5 nitrogen and oxygen atoms in total. The number of ether oxygens (including phenoxy) is 1. The Balaban J connectivity index is 2.08. The van der Waals surface area contributed by atoms with Crippen LogP contribution in [-0.4, -0.2) is 32.8 Å². The highest BCUT2D eigenvalue weighted by Gasteiger charge is 2.32. The van der Waals surface area contributed by atoms with Gasteiger partial charge in [0.15, 0.2) is 0 Å². The van der Waals surface area contributed by atoms with E-state index in [4.69, 9.17) is 4.74 Å². The lowest BCUT2D eigenvalue weighted by atomic mass is 9.97. The quantitative estimate of drug-likeness (QED) is 0.745. The summed E-state index contributed by atoms with van der Waals surface area (Å²) < 4.78 is 70.1. The van der Waals surface area contributed by atoms with Crippen molar-refractivity contribution in [2.45, 2.75) is 30.0 Å². The first-order valence-corrected chi connectivity index (χ1v) is 9.43. The minimum absolute atomic E-state index is 0.141. The molecule has 0 amide bonds. The number of hydrogen-bond donors (Lipinski definition) is 2. The first-order chi connectivity index (χ1) is 12.4. The van der Waals surface area contributed by atoms with Crippen molar-refractivity contribution in [2.24, 2.45) is 0 Å². The van der Waals surface area contributed by atoms with Gasteiger partial charge in [-0.05, 0) is 42.8 Å². The van der Waals surface area contributed by atoms with E-state index < -0.39 is 32.3 Å². The summed E-state index contributed by atoms with van der Waals surface area (Å²) in [6.45, 7) is 1.07. The van der Waals surface area contributed by atoms with Crippen LogP contribution in [0.1, 0.15) is 18.1 Å². The molecule has 0 unspecified atom stereocenters. The van der Waals surface area contributed by atoms with Gasteiger partial charge in [0.05, 0.1) is 23.2 Å². The molecular weight excluding hydrogens is 383 g/mol. The largest absolute Gasteiger partial charge is 0.497 e. The second kappa shape index (κ2) is 7.87. The zero-order chi connectivity index (χ0) is 20.3. The molecule has 2 N–H and O–H groups in total. The number of alkyl halides is 3. The molecule has 2 rings (SSSR count). The molecule has 0 saturated heterocycles. The van der Waals surface area contributed by atoms with E-state index in [0.717, 1.165) is 23.8 Å². The predicted octanol–water partition coefficient (Wildman–Crippen LogP) is 2.99. The minimum atomic E-state index is -4.65. The van der Waals surface area contributed by atoms with Crippen LogP contribution in [0.3, 0.4) is 0 Å². The third-order valence-corrected chi connectivity index (χ3v) is 5.26. The van der Waals surface area contributed by atoms with Gasteiger partial charge in [-0.25, -0.2) is 13.1 Å². The Morgan fingerprint density at radius 2 is 1.74 bits per heavy atom. The number of aliphatic hydroxyl groups is 1. The van der Waals surface area contributed by atoms with Gasteiger partial charge in [0.1, 0.15) is 5.75 Å². The Labute approximate surface area is 155 Å². The third kappa shape index (κ3) is 5.95. The van der Waals surface area contributed by atoms with Gasteiger partial charge in [-0.1, -0.05) is 18.2 Å². The maximum Gasteiger partial charge on any atom is 0.416 e. The summed E-state index contributed by atoms with van der Waals surface area (Å²) in [7, 11) is -2.69. The van der Waals surface area contributed by atoms with Crippen LogP contribution >= 0.6 is 0 Å². The first kappa shape index (κ1) is 21.2. The predicted molar refractivity (Wildman–Crippen MR) is 94.0 cm³/mol. The molecule has 0 aromatic heterocycles. The van der Waals surface area contributed by atoms with E-state index in [1.54, 1.807) is 24.3 Å². The van der Waals surface area contributed by atoms with Crippen molar-refractivity contribution in [1.82, 2.24) is 4.72 Å². The molecule has 0 aliphatic carbocycles. The van der Waals surface area contributed by atoms with E-state index in [2.05, 4.69) is 4.72 Å². The van der Waals surface area contributed by atoms with Crippen molar-refractivity contribution in [3.05, 3.63) is 59.7 Å². The molecule has 148 valence electrons. The van der Waals surface area contributed by atoms with E-state index >= 15 is 0 Å². The molecule has 0 bridgehead atoms. The summed E-state index contributed by atoms with van der Waals surface area (Å²) in [5, 5.41) is 10.5. The molecule has 0 heterocycles. The van der Waals surface area contributed by atoms with Crippen molar-refractivity contribution < 1.29 is 31.4 Å². The van der Waals surface area contributed by atoms with Crippen LogP contribution in [0.4, 0.5) is 13.2 Å². The number of methoxy groups -OCH3 is 1. The highest BCUT2D eigenvalue weighted by Crippen LogP contribution is 2.30. The SMILES string of the molecule is COc1ccc(C[C@@](C)(O)CNS(=O)(=O)c2cccc(C(F)(F)F)c2)cc1. The molecule has 0 aliphatic heterocycles. The van der Waals surface area contributed by atoms with Gasteiger partial charge in [0.2, 0.25) is 10.0 Å². The van der Waals surface area contributed by atoms with Gasteiger partial charge >= 0.3 is 6.18 Å². The normalized spacial score (nSPS) is 14.6. The Hall–Kier alpha value is -2.10. The number of halogens is 3. The second-order valence-electron chi connectivity index (χ2n) is 6.37. The molecule has 0 aliphatic rings. The van der Waals surface area contributed by atoms with E-state index in [9.17, 15) is 26.7 Å². The average Bonchev–Trinajstić information content (AvgIpc) is 2.60. The molecule has 0 radical (unpaired) electrons. The molecule has 0 saturated carbocycles. The highest BCUT2D eigenvalue weighted by atomic mass is 32.2. The average molecular weight is 403 g/mol. The fourth-order valence-electron chi connectivity index (χ4n) is 2.42. The fraction of sp³-hybridized carbons (Fsp3) is 0.333. The molecule has 2 aromatic rings. The van der Waals surface area contributed by atoms with Crippen molar-refractivity contribution in [1.29, 1.82) is 0 Å². The van der Waals surface area contributed by atoms with Gasteiger partial charge in [0, 0.05) is 13.0 Å². The van der Waals surface area contributed by atoms with Crippen molar-refractivity contribution in [3.8, 4) is 5.75 Å². The Morgan fingerprint density at radius 1 is 1.11 bits per heavy atom. The lowest BCUT2D eigenvalue weighted by Gasteiger charge is -2.24. The van der Waals surface area contributed by atoms with E-state index in [1.807, 2.05) is 0 Å². The summed E-state index contributed by atoms with van der Waals surface area (Å²) in [5.74, 6) is 0.642. The van der Waals surface area contributed by atoms with Crippen LogP contribution in [0.5, 0.6) is 5.75 Å². The zero-order valence-corrected chi connectivity index (χ0v) is 15.6. The van der Waals surface area contributed by atoms with E-state index in [0.29, 0.717) is 11.8 Å². The maximum atomic E-state index is 12.8. The van der Waals surface area contributed by atoms with Crippen molar-refractivity contribution >= 4 is 10.0 Å². The standard InChI is InChI=1S/C18H20F3NO4S/c1-17(23,11-13-6-8-15(26-2)9-7-13)12-22-27(24,25)16-5-3-4-14(10-16)18(19,20)21/h3-10,22-23H,11-12H2,1-2H3/t17-/m1/s1. The molecule has 2 aromatic carbocycles. The summed E-state index contributed by atoms with van der Waals surface area (Å²) in [4.78, 5) is -0.516. The van der Waals surface area contributed by atoms with Crippen LogP contribution in [0.2, 0.25) is 0 Å². The minimum Gasteiger partial charge on any atom is -0.497 e. The zero-order valence-electron chi connectivity index (χ0n) is 14.7. The number of nitrogens with one attached hydrogen (secondary N) is 1. The third-order valence-electron chi connectivity index (χ3n) is 3.86. The summed E-state index contributed by atoms with van der Waals surface area (Å²) in [5.41, 5.74) is -1.75. The van der Waals surface area contributed by atoms with Crippen LogP contribution in [-0.2, 0) is 22.6 Å². The van der Waals surface area contributed by atoms with Crippen LogP contribution < -0.4 is 9.46 Å². The summed E-state index contributed by atoms with van der Waals surface area (Å²) in [6, 6.07) is 10.3. The molecule has 0 spiro atoms. The fourth-order valence-corrected chi connectivity index (χ4v) is 3.63. The number of sulfonamides is 1. The van der Waals surface area contributed by atoms with Crippen LogP contribution in [0, 0.1) is 0 Å². The van der Waals surface area contributed by atoms with Gasteiger partial charge in [-0.15, -0.1) is 0 Å².